The third-order valence-electron chi connectivity index (χ3n) is 4.15. The maximum Gasteiger partial charge on any atom is 0.305 e. The molecule has 1 aliphatic rings. The second-order valence-electron chi connectivity index (χ2n) is 5.67. The van der Waals surface area contributed by atoms with E-state index < -0.39 is 11.9 Å². The summed E-state index contributed by atoms with van der Waals surface area (Å²) in [4.78, 5) is 38.6. The Balaban J connectivity index is 2.04. The summed E-state index contributed by atoms with van der Waals surface area (Å²) in [5, 5.41) is 8.77. The van der Waals surface area contributed by atoms with Gasteiger partial charge in [-0.3, -0.25) is 14.4 Å². The Kier molecular flexibility index (Phi) is 5.78. The molecular weight excluding hydrogens is 312 g/mol. The van der Waals surface area contributed by atoms with Crippen LogP contribution in [-0.2, 0) is 14.4 Å². The maximum atomic E-state index is 12.5. The third-order valence-corrected chi connectivity index (χ3v) is 4.15. The van der Waals surface area contributed by atoms with Gasteiger partial charge in [-0.2, -0.15) is 0 Å². The van der Waals surface area contributed by atoms with Crippen molar-refractivity contribution in [2.75, 3.05) is 31.6 Å². The molecule has 0 saturated carbocycles. The van der Waals surface area contributed by atoms with Crippen molar-refractivity contribution in [1.82, 2.24) is 4.90 Å². The summed E-state index contributed by atoms with van der Waals surface area (Å²) >= 11 is 0. The van der Waals surface area contributed by atoms with E-state index in [0.29, 0.717) is 18.8 Å². The summed E-state index contributed by atoms with van der Waals surface area (Å²) in [6.07, 6.45) is 0.0525. The number of rotatable bonds is 7. The summed E-state index contributed by atoms with van der Waals surface area (Å²) in [5.74, 6) is -0.947. The van der Waals surface area contributed by atoms with Crippen molar-refractivity contribution in [2.45, 2.75) is 19.8 Å². The van der Waals surface area contributed by atoms with Gasteiger partial charge in [0.15, 0.2) is 0 Å². The van der Waals surface area contributed by atoms with Crippen LogP contribution in [0.5, 0.6) is 5.75 Å². The van der Waals surface area contributed by atoms with Gasteiger partial charge in [0.25, 0.3) is 0 Å². The lowest BCUT2D eigenvalue weighted by molar-refractivity contribution is -0.139. The van der Waals surface area contributed by atoms with Gasteiger partial charge in [-0.05, 0) is 31.2 Å². The van der Waals surface area contributed by atoms with Crippen LogP contribution in [0, 0.1) is 5.92 Å². The van der Waals surface area contributed by atoms with E-state index in [1.165, 1.54) is 4.90 Å². The molecule has 0 aromatic heterocycles. The number of nitrogens with zero attached hydrogens (tertiary/aromatic N) is 2. The van der Waals surface area contributed by atoms with Crippen LogP contribution < -0.4 is 9.64 Å². The molecule has 1 saturated heterocycles. The highest BCUT2D eigenvalue weighted by Crippen LogP contribution is 2.27. The second kappa shape index (κ2) is 7.81. The zero-order valence-electron chi connectivity index (χ0n) is 13.9. The lowest BCUT2D eigenvalue weighted by Gasteiger charge is -2.23. The van der Waals surface area contributed by atoms with E-state index in [-0.39, 0.29) is 31.2 Å². The van der Waals surface area contributed by atoms with Crippen molar-refractivity contribution in [2.24, 2.45) is 5.92 Å². The molecule has 1 aromatic carbocycles. The van der Waals surface area contributed by atoms with E-state index in [4.69, 9.17) is 9.84 Å². The van der Waals surface area contributed by atoms with Crippen LogP contribution in [0.15, 0.2) is 24.3 Å². The van der Waals surface area contributed by atoms with Gasteiger partial charge in [0, 0.05) is 31.7 Å². The standard InChI is InChI=1S/C17H22N2O5/c1-3-18(9-8-16(21)22)17(23)12-10-15(20)19(11-12)13-4-6-14(24-2)7-5-13/h4-7,12H,3,8-11H2,1-2H3,(H,21,22). The topological polar surface area (TPSA) is 87.2 Å². The normalized spacial score (nSPS) is 17.0. The SMILES string of the molecule is CCN(CCC(=O)O)C(=O)C1CC(=O)N(c2ccc(OC)cc2)C1. The zero-order chi connectivity index (χ0) is 17.7. The number of ether oxygens (including phenoxy) is 1. The molecule has 1 aromatic rings. The predicted octanol–water partition coefficient (Wildman–Crippen LogP) is 1.37. The average molecular weight is 334 g/mol. The van der Waals surface area contributed by atoms with Crippen molar-refractivity contribution in [3.8, 4) is 5.75 Å². The minimum Gasteiger partial charge on any atom is -0.497 e. The first-order valence-electron chi connectivity index (χ1n) is 7.91. The molecule has 0 aliphatic carbocycles. The van der Waals surface area contributed by atoms with E-state index in [9.17, 15) is 14.4 Å². The molecule has 1 N–H and O–H groups in total. The fourth-order valence-corrected chi connectivity index (χ4v) is 2.80. The minimum absolute atomic E-state index is 0.0948. The quantitative estimate of drug-likeness (QED) is 0.814. The molecule has 1 fully saturated rings. The predicted molar refractivity (Wildman–Crippen MR) is 88.0 cm³/mol. The Bertz CT molecular complexity index is 614. The van der Waals surface area contributed by atoms with E-state index in [1.807, 2.05) is 0 Å². The highest BCUT2D eigenvalue weighted by molar-refractivity contribution is 6.00. The van der Waals surface area contributed by atoms with Gasteiger partial charge in [-0.25, -0.2) is 0 Å². The Morgan fingerprint density at radius 2 is 2.00 bits per heavy atom. The fourth-order valence-electron chi connectivity index (χ4n) is 2.80. The molecule has 1 unspecified atom stereocenters. The number of aliphatic carboxylic acids is 1. The van der Waals surface area contributed by atoms with Crippen molar-refractivity contribution < 1.29 is 24.2 Å². The Hall–Kier alpha value is -2.57. The largest absolute Gasteiger partial charge is 0.497 e. The number of amides is 2. The first-order valence-corrected chi connectivity index (χ1v) is 7.91. The Morgan fingerprint density at radius 3 is 2.54 bits per heavy atom. The van der Waals surface area contributed by atoms with Gasteiger partial charge < -0.3 is 19.6 Å². The van der Waals surface area contributed by atoms with Crippen LogP contribution in [-0.4, -0.2) is 54.5 Å². The van der Waals surface area contributed by atoms with E-state index in [0.717, 1.165) is 5.69 Å². The van der Waals surface area contributed by atoms with Crippen LogP contribution in [0.4, 0.5) is 5.69 Å². The molecule has 24 heavy (non-hydrogen) atoms. The maximum absolute atomic E-state index is 12.5. The van der Waals surface area contributed by atoms with Gasteiger partial charge in [0.2, 0.25) is 11.8 Å². The first kappa shape index (κ1) is 17.8. The van der Waals surface area contributed by atoms with Crippen LogP contribution in [0.1, 0.15) is 19.8 Å². The average Bonchev–Trinajstić information content (AvgIpc) is 2.97. The van der Waals surface area contributed by atoms with Crippen molar-refractivity contribution in [3.63, 3.8) is 0 Å². The lowest BCUT2D eigenvalue weighted by atomic mass is 10.1. The van der Waals surface area contributed by atoms with Crippen LogP contribution in [0.3, 0.4) is 0 Å². The molecule has 2 rings (SSSR count). The Morgan fingerprint density at radius 1 is 1.33 bits per heavy atom. The van der Waals surface area contributed by atoms with E-state index in [2.05, 4.69) is 0 Å². The van der Waals surface area contributed by atoms with Gasteiger partial charge in [-0.15, -0.1) is 0 Å². The molecule has 0 bridgehead atoms. The number of benzene rings is 1. The highest BCUT2D eigenvalue weighted by Gasteiger charge is 2.36. The lowest BCUT2D eigenvalue weighted by Crippen LogP contribution is -2.38. The molecule has 7 nitrogen and oxygen atoms in total. The fraction of sp³-hybridized carbons (Fsp3) is 0.471. The number of carbonyl (C=O) groups excluding carboxylic acids is 2. The molecule has 7 heteroatoms. The number of hydrogen-bond donors (Lipinski definition) is 1. The number of anilines is 1. The molecular formula is C17H22N2O5. The number of carbonyl (C=O) groups is 3. The van der Waals surface area contributed by atoms with E-state index in [1.54, 1.807) is 43.2 Å². The monoisotopic (exact) mass is 334 g/mol. The minimum atomic E-state index is -0.941. The summed E-state index contributed by atoms with van der Waals surface area (Å²) in [5.41, 5.74) is 0.727. The van der Waals surface area contributed by atoms with Gasteiger partial charge in [0.05, 0.1) is 19.4 Å². The zero-order valence-corrected chi connectivity index (χ0v) is 13.9. The van der Waals surface area contributed by atoms with Crippen LogP contribution >= 0.6 is 0 Å². The highest BCUT2D eigenvalue weighted by atomic mass is 16.5. The molecule has 130 valence electrons. The molecule has 0 radical (unpaired) electrons. The second-order valence-corrected chi connectivity index (χ2v) is 5.67. The Labute approximate surface area is 140 Å². The van der Waals surface area contributed by atoms with Crippen LogP contribution in [0.2, 0.25) is 0 Å². The van der Waals surface area contributed by atoms with Gasteiger partial charge in [-0.1, -0.05) is 0 Å². The molecule has 1 heterocycles. The summed E-state index contributed by atoms with van der Waals surface area (Å²) in [6, 6.07) is 7.10. The van der Waals surface area contributed by atoms with Crippen molar-refractivity contribution >= 4 is 23.5 Å². The summed E-state index contributed by atoms with van der Waals surface area (Å²) in [7, 11) is 1.57. The van der Waals surface area contributed by atoms with E-state index >= 15 is 0 Å². The summed E-state index contributed by atoms with van der Waals surface area (Å²) in [6.45, 7) is 2.71. The van der Waals surface area contributed by atoms with Gasteiger partial charge >= 0.3 is 5.97 Å². The van der Waals surface area contributed by atoms with Gasteiger partial charge in [0.1, 0.15) is 5.75 Å². The third kappa shape index (κ3) is 4.04. The molecule has 1 atom stereocenters. The number of methoxy groups -OCH3 is 1. The van der Waals surface area contributed by atoms with Crippen molar-refractivity contribution in [1.29, 1.82) is 0 Å². The smallest absolute Gasteiger partial charge is 0.305 e. The first-order chi connectivity index (χ1) is 11.5. The van der Waals surface area contributed by atoms with Crippen molar-refractivity contribution in [3.05, 3.63) is 24.3 Å². The van der Waals surface area contributed by atoms with Crippen LogP contribution in [0.25, 0.3) is 0 Å². The number of carboxylic acids is 1. The summed E-state index contributed by atoms with van der Waals surface area (Å²) < 4.78 is 5.10. The molecule has 0 spiro atoms. The number of carboxylic acid groups (broad SMARTS) is 1. The molecule has 1 aliphatic heterocycles. The molecule has 2 amide bonds. The number of hydrogen-bond acceptors (Lipinski definition) is 4.